The lowest BCUT2D eigenvalue weighted by Gasteiger charge is -2.37. The average Bonchev–Trinajstić information content (AvgIpc) is 2.21. The fourth-order valence-electron chi connectivity index (χ4n) is 2.54. The van der Waals surface area contributed by atoms with Gasteiger partial charge in [0, 0.05) is 12.6 Å². The Kier molecular flexibility index (Phi) is 4.60. The maximum Gasteiger partial charge on any atom is 0.0666 e. The van der Waals surface area contributed by atoms with Crippen LogP contribution in [0.5, 0.6) is 0 Å². The summed E-state index contributed by atoms with van der Waals surface area (Å²) in [5.41, 5.74) is 0. The Bertz CT molecular complexity index is 231. The molecule has 0 N–H and O–H groups in total. The highest BCUT2D eigenvalue weighted by molar-refractivity contribution is 4.85. The van der Waals surface area contributed by atoms with Gasteiger partial charge < -0.3 is 4.90 Å². The van der Waals surface area contributed by atoms with E-state index < -0.39 is 0 Å². The van der Waals surface area contributed by atoms with Crippen molar-refractivity contribution in [2.24, 2.45) is 17.8 Å². The van der Waals surface area contributed by atoms with Crippen LogP contribution in [0.4, 0.5) is 0 Å². The molecule has 15 heavy (non-hydrogen) atoms. The monoisotopic (exact) mass is 208 g/mol. The van der Waals surface area contributed by atoms with Crippen LogP contribution in [0.3, 0.4) is 0 Å². The number of rotatable bonds is 3. The third kappa shape index (κ3) is 3.50. The number of hydrogen-bond donors (Lipinski definition) is 0. The molecule has 0 aromatic carbocycles. The molecule has 0 radical (unpaired) electrons. The van der Waals surface area contributed by atoms with Crippen molar-refractivity contribution in [1.29, 1.82) is 5.26 Å². The molecule has 0 amide bonds. The topological polar surface area (TPSA) is 27.0 Å². The standard InChI is InChI=1S/C13H24N2/c1-10(8-14)9-15(4)13-6-5-11(2)12(3)7-13/h10-13H,5-7,9H2,1-4H3. The van der Waals surface area contributed by atoms with Gasteiger partial charge in [-0.15, -0.1) is 0 Å². The van der Waals surface area contributed by atoms with E-state index in [0.717, 1.165) is 18.4 Å². The van der Waals surface area contributed by atoms with Crippen LogP contribution in [-0.4, -0.2) is 24.5 Å². The van der Waals surface area contributed by atoms with Gasteiger partial charge in [0.15, 0.2) is 0 Å². The first-order chi connectivity index (χ1) is 7.04. The van der Waals surface area contributed by atoms with Crippen LogP contribution in [0.1, 0.15) is 40.0 Å². The van der Waals surface area contributed by atoms with Crippen molar-refractivity contribution in [3.8, 4) is 6.07 Å². The van der Waals surface area contributed by atoms with Crippen LogP contribution in [0.15, 0.2) is 0 Å². The zero-order valence-electron chi connectivity index (χ0n) is 10.5. The molecule has 0 spiro atoms. The van der Waals surface area contributed by atoms with Crippen molar-refractivity contribution in [3.63, 3.8) is 0 Å². The zero-order valence-corrected chi connectivity index (χ0v) is 10.5. The first-order valence-electron chi connectivity index (χ1n) is 6.14. The highest BCUT2D eigenvalue weighted by Crippen LogP contribution is 2.31. The van der Waals surface area contributed by atoms with Gasteiger partial charge in [0.2, 0.25) is 0 Å². The van der Waals surface area contributed by atoms with E-state index in [1.807, 2.05) is 6.92 Å². The minimum Gasteiger partial charge on any atom is -0.302 e. The van der Waals surface area contributed by atoms with Gasteiger partial charge in [-0.1, -0.05) is 13.8 Å². The summed E-state index contributed by atoms with van der Waals surface area (Å²) in [5, 5.41) is 8.80. The van der Waals surface area contributed by atoms with Gasteiger partial charge >= 0.3 is 0 Å². The lowest BCUT2D eigenvalue weighted by molar-refractivity contribution is 0.125. The maximum atomic E-state index is 8.80. The van der Waals surface area contributed by atoms with E-state index in [9.17, 15) is 0 Å². The molecule has 1 rings (SSSR count). The molecule has 0 heterocycles. The second kappa shape index (κ2) is 5.51. The maximum absolute atomic E-state index is 8.80. The van der Waals surface area contributed by atoms with Gasteiger partial charge in [-0.3, -0.25) is 0 Å². The van der Waals surface area contributed by atoms with Crippen LogP contribution in [0.2, 0.25) is 0 Å². The molecule has 0 saturated heterocycles. The SMILES string of the molecule is CC(C#N)CN(C)C1CCC(C)C(C)C1. The van der Waals surface area contributed by atoms with Crippen LogP contribution >= 0.6 is 0 Å². The third-order valence-electron chi connectivity index (χ3n) is 3.98. The van der Waals surface area contributed by atoms with E-state index >= 15 is 0 Å². The smallest absolute Gasteiger partial charge is 0.0666 e. The zero-order chi connectivity index (χ0) is 11.4. The molecule has 1 aliphatic carbocycles. The molecule has 0 aromatic rings. The molecule has 1 aliphatic rings. The fraction of sp³-hybridized carbons (Fsp3) is 0.923. The first kappa shape index (κ1) is 12.5. The molecule has 1 saturated carbocycles. The molecule has 86 valence electrons. The molecule has 2 heteroatoms. The summed E-state index contributed by atoms with van der Waals surface area (Å²) >= 11 is 0. The largest absolute Gasteiger partial charge is 0.302 e. The fourth-order valence-corrected chi connectivity index (χ4v) is 2.54. The van der Waals surface area contributed by atoms with E-state index in [-0.39, 0.29) is 5.92 Å². The summed E-state index contributed by atoms with van der Waals surface area (Å²) in [6, 6.07) is 3.01. The Morgan fingerprint density at radius 3 is 2.53 bits per heavy atom. The second-order valence-electron chi connectivity index (χ2n) is 5.39. The first-order valence-corrected chi connectivity index (χ1v) is 6.14. The summed E-state index contributed by atoms with van der Waals surface area (Å²) in [7, 11) is 2.17. The van der Waals surface area contributed by atoms with Gasteiger partial charge in [-0.2, -0.15) is 5.26 Å². The van der Waals surface area contributed by atoms with Crippen molar-refractivity contribution < 1.29 is 0 Å². The minimum absolute atomic E-state index is 0.157. The van der Waals surface area contributed by atoms with E-state index in [1.54, 1.807) is 0 Å². The van der Waals surface area contributed by atoms with Gasteiger partial charge in [0.1, 0.15) is 0 Å². The van der Waals surface area contributed by atoms with Crippen molar-refractivity contribution >= 4 is 0 Å². The van der Waals surface area contributed by atoms with Gasteiger partial charge in [-0.25, -0.2) is 0 Å². The van der Waals surface area contributed by atoms with Crippen molar-refractivity contribution in [2.75, 3.05) is 13.6 Å². The summed E-state index contributed by atoms with van der Waals surface area (Å²) in [6.07, 6.45) is 3.95. The normalized spacial score (nSPS) is 33.7. The summed E-state index contributed by atoms with van der Waals surface area (Å²) in [5.74, 6) is 1.87. The van der Waals surface area contributed by atoms with Crippen LogP contribution in [-0.2, 0) is 0 Å². The van der Waals surface area contributed by atoms with Crippen LogP contribution in [0.25, 0.3) is 0 Å². The minimum atomic E-state index is 0.157. The molecule has 0 bridgehead atoms. The van der Waals surface area contributed by atoms with Crippen LogP contribution in [0, 0.1) is 29.1 Å². The highest BCUT2D eigenvalue weighted by atomic mass is 15.1. The third-order valence-corrected chi connectivity index (χ3v) is 3.98. The van der Waals surface area contributed by atoms with E-state index in [2.05, 4.69) is 31.9 Å². The molecule has 2 nitrogen and oxygen atoms in total. The molecule has 4 unspecified atom stereocenters. The number of nitriles is 1. The van der Waals surface area contributed by atoms with E-state index in [0.29, 0.717) is 6.04 Å². The predicted molar refractivity (Wildman–Crippen MR) is 63.4 cm³/mol. The van der Waals surface area contributed by atoms with Gasteiger partial charge in [-0.05, 0) is 45.1 Å². The molecule has 0 aliphatic heterocycles. The van der Waals surface area contributed by atoms with Crippen molar-refractivity contribution in [3.05, 3.63) is 0 Å². The van der Waals surface area contributed by atoms with Crippen molar-refractivity contribution in [2.45, 2.75) is 46.1 Å². The lowest BCUT2D eigenvalue weighted by atomic mass is 9.78. The predicted octanol–water partition coefficient (Wildman–Crippen LogP) is 2.90. The Morgan fingerprint density at radius 1 is 1.33 bits per heavy atom. The van der Waals surface area contributed by atoms with Gasteiger partial charge in [0.25, 0.3) is 0 Å². The second-order valence-corrected chi connectivity index (χ2v) is 5.39. The molecule has 0 aromatic heterocycles. The molecular weight excluding hydrogens is 184 g/mol. The Balaban J connectivity index is 2.41. The Labute approximate surface area is 94.3 Å². The lowest BCUT2D eigenvalue weighted by Crippen LogP contribution is -2.39. The highest BCUT2D eigenvalue weighted by Gasteiger charge is 2.27. The molecule has 4 atom stereocenters. The Hall–Kier alpha value is -0.550. The van der Waals surface area contributed by atoms with E-state index in [1.165, 1.54) is 19.3 Å². The van der Waals surface area contributed by atoms with Crippen molar-refractivity contribution in [1.82, 2.24) is 4.90 Å². The quantitative estimate of drug-likeness (QED) is 0.713. The number of hydrogen-bond acceptors (Lipinski definition) is 2. The molecule has 1 fully saturated rings. The summed E-state index contributed by atoms with van der Waals surface area (Å²) < 4.78 is 0. The number of nitrogens with zero attached hydrogens (tertiary/aromatic N) is 2. The van der Waals surface area contributed by atoms with Gasteiger partial charge in [0.05, 0.1) is 12.0 Å². The Morgan fingerprint density at radius 2 is 2.00 bits per heavy atom. The average molecular weight is 208 g/mol. The summed E-state index contributed by atoms with van der Waals surface area (Å²) in [4.78, 5) is 2.39. The molecular formula is C13H24N2. The van der Waals surface area contributed by atoms with Crippen LogP contribution < -0.4 is 0 Å². The van der Waals surface area contributed by atoms with E-state index in [4.69, 9.17) is 5.26 Å². The summed E-state index contributed by atoms with van der Waals surface area (Å²) in [6.45, 7) is 7.64.